The molecule has 1 N–H and O–H groups in total. The highest BCUT2D eigenvalue weighted by atomic mass is 79.9. The number of aryl methyl sites for hydroxylation is 1. The van der Waals surface area contributed by atoms with Crippen molar-refractivity contribution in [2.45, 2.75) is 13.0 Å². The third kappa shape index (κ3) is 3.94. The van der Waals surface area contributed by atoms with E-state index in [1.807, 2.05) is 74.4 Å². The highest BCUT2D eigenvalue weighted by Crippen LogP contribution is 2.42. The molecule has 1 fully saturated rings. The molecule has 1 atom stereocenters. The Labute approximate surface area is 195 Å². The van der Waals surface area contributed by atoms with Crippen LogP contribution in [0.2, 0.25) is 0 Å². The highest BCUT2D eigenvalue weighted by molar-refractivity contribution is 9.10. The number of aliphatic hydroxyl groups excluding tert-OH is 1. The molecule has 3 aromatic rings. The Balaban J connectivity index is 1.91. The van der Waals surface area contributed by atoms with Crippen LogP contribution < -0.4 is 9.80 Å². The number of anilines is 2. The molecule has 0 aromatic heterocycles. The van der Waals surface area contributed by atoms with Crippen LogP contribution in [0.4, 0.5) is 11.4 Å². The summed E-state index contributed by atoms with van der Waals surface area (Å²) in [5.74, 6) is -1.55. The number of nitrogens with zero attached hydrogens (tertiary/aromatic N) is 2. The van der Waals surface area contributed by atoms with Crippen LogP contribution in [-0.4, -0.2) is 30.9 Å². The average Bonchev–Trinajstić information content (AvgIpc) is 3.04. The van der Waals surface area contributed by atoms with Crippen molar-refractivity contribution < 1.29 is 14.7 Å². The van der Waals surface area contributed by atoms with Gasteiger partial charge in [-0.2, -0.15) is 0 Å². The molecule has 0 spiro atoms. The molecule has 1 amide bonds. The topological polar surface area (TPSA) is 60.9 Å². The molecule has 0 radical (unpaired) electrons. The van der Waals surface area contributed by atoms with Crippen LogP contribution in [0.3, 0.4) is 0 Å². The first-order chi connectivity index (χ1) is 15.3. The molecule has 0 saturated carbocycles. The fraction of sp³-hybridized carbons (Fsp3) is 0.154. The van der Waals surface area contributed by atoms with E-state index in [1.165, 1.54) is 4.90 Å². The zero-order chi connectivity index (χ0) is 23.0. The van der Waals surface area contributed by atoms with Crippen molar-refractivity contribution in [3.8, 4) is 0 Å². The Bertz CT molecular complexity index is 1210. The van der Waals surface area contributed by atoms with Gasteiger partial charge in [0, 0.05) is 35.5 Å². The lowest BCUT2D eigenvalue weighted by atomic mass is 9.94. The Morgan fingerprint density at radius 2 is 1.62 bits per heavy atom. The Morgan fingerprint density at radius 3 is 2.22 bits per heavy atom. The molecule has 1 aliphatic heterocycles. The summed E-state index contributed by atoms with van der Waals surface area (Å²) < 4.78 is 0.853. The molecule has 1 saturated heterocycles. The van der Waals surface area contributed by atoms with E-state index >= 15 is 0 Å². The summed E-state index contributed by atoms with van der Waals surface area (Å²) in [6.45, 7) is 1.95. The first kappa shape index (κ1) is 21.8. The zero-order valence-electron chi connectivity index (χ0n) is 18.0. The molecule has 1 aliphatic rings. The second kappa shape index (κ2) is 8.63. The zero-order valence-corrected chi connectivity index (χ0v) is 19.6. The van der Waals surface area contributed by atoms with Gasteiger partial charge in [-0.15, -0.1) is 0 Å². The summed E-state index contributed by atoms with van der Waals surface area (Å²) in [6, 6.07) is 21.4. The Kier molecular flexibility index (Phi) is 5.89. The summed E-state index contributed by atoms with van der Waals surface area (Å²) in [5, 5.41) is 11.1. The normalized spacial score (nSPS) is 17.6. The maximum absolute atomic E-state index is 13.2. The van der Waals surface area contributed by atoms with E-state index in [4.69, 9.17) is 0 Å². The van der Waals surface area contributed by atoms with Crippen molar-refractivity contribution in [3.05, 3.63) is 99.5 Å². The molecule has 1 heterocycles. The number of carbonyl (C=O) groups is 2. The summed E-state index contributed by atoms with van der Waals surface area (Å²) in [6.07, 6.45) is 0. The van der Waals surface area contributed by atoms with Gasteiger partial charge in [0.05, 0.1) is 11.6 Å². The number of rotatable bonds is 4. The van der Waals surface area contributed by atoms with E-state index in [2.05, 4.69) is 15.9 Å². The maximum Gasteiger partial charge on any atom is 0.300 e. The SMILES string of the molecule is Cc1cccc(C2/C(=C(/O)c3ccc(Br)cc3)C(=O)C(=O)N2c2ccc(N(C)C)cc2)c1. The van der Waals surface area contributed by atoms with Gasteiger partial charge in [-0.1, -0.05) is 57.9 Å². The molecular formula is C26H23BrN2O3. The second-order valence-electron chi connectivity index (χ2n) is 8.00. The predicted molar refractivity (Wildman–Crippen MR) is 131 cm³/mol. The Morgan fingerprint density at radius 1 is 0.969 bits per heavy atom. The summed E-state index contributed by atoms with van der Waals surface area (Å²) >= 11 is 3.38. The predicted octanol–water partition coefficient (Wildman–Crippen LogP) is 5.45. The number of aliphatic hydroxyl groups is 1. The van der Waals surface area contributed by atoms with Gasteiger partial charge >= 0.3 is 0 Å². The molecule has 32 heavy (non-hydrogen) atoms. The average molecular weight is 491 g/mol. The number of halogens is 1. The first-order valence-corrected chi connectivity index (χ1v) is 11.0. The minimum atomic E-state index is -0.733. The summed E-state index contributed by atoms with van der Waals surface area (Å²) in [5.41, 5.74) is 3.90. The molecule has 0 bridgehead atoms. The number of hydrogen-bond donors (Lipinski definition) is 1. The van der Waals surface area contributed by atoms with Crippen LogP contribution in [0.5, 0.6) is 0 Å². The number of hydrogen-bond acceptors (Lipinski definition) is 4. The molecular weight excluding hydrogens is 468 g/mol. The lowest BCUT2D eigenvalue weighted by Crippen LogP contribution is -2.29. The van der Waals surface area contributed by atoms with Crippen LogP contribution in [0.25, 0.3) is 5.76 Å². The third-order valence-corrected chi connectivity index (χ3v) is 6.09. The van der Waals surface area contributed by atoms with Gasteiger partial charge in [0.2, 0.25) is 0 Å². The van der Waals surface area contributed by atoms with Gasteiger partial charge < -0.3 is 10.0 Å². The largest absolute Gasteiger partial charge is 0.507 e. The molecule has 4 rings (SSSR count). The standard InChI is InChI=1S/C26H23BrN2O3/c1-16-5-4-6-18(15-16)23-22(24(30)17-7-9-19(27)10-8-17)25(31)26(32)29(23)21-13-11-20(12-14-21)28(2)3/h4-15,23,30H,1-3H3/b24-22-. The van der Waals surface area contributed by atoms with Gasteiger partial charge in [0.1, 0.15) is 5.76 Å². The molecule has 6 heteroatoms. The van der Waals surface area contributed by atoms with Gasteiger partial charge in [-0.25, -0.2) is 0 Å². The van der Waals surface area contributed by atoms with Crippen molar-refractivity contribution >= 4 is 44.8 Å². The smallest absolute Gasteiger partial charge is 0.300 e. The number of carbonyl (C=O) groups excluding carboxylic acids is 2. The van der Waals surface area contributed by atoms with Crippen molar-refractivity contribution in [1.82, 2.24) is 0 Å². The van der Waals surface area contributed by atoms with E-state index in [0.29, 0.717) is 11.3 Å². The number of benzene rings is 3. The fourth-order valence-corrected chi connectivity index (χ4v) is 4.19. The van der Waals surface area contributed by atoms with Crippen LogP contribution in [0, 0.1) is 6.92 Å². The van der Waals surface area contributed by atoms with Crippen LogP contribution in [-0.2, 0) is 9.59 Å². The van der Waals surface area contributed by atoms with E-state index in [-0.39, 0.29) is 11.3 Å². The summed E-state index contributed by atoms with van der Waals surface area (Å²) in [4.78, 5) is 29.8. The quantitative estimate of drug-likeness (QED) is 0.300. The van der Waals surface area contributed by atoms with E-state index < -0.39 is 17.7 Å². The monoisotopic (exact) mass is 490 g/mol. The minimum Gasteiger partial charge on any atom is -0.507 e. The summed E-state index contributed by atoms with van der Waals surface area (Å²) in [7, 11) is 3.87. The number of ketones is 1. The van der Waals surface area contributed by atoms with Crippen molar-refractivity contribution in [2.24, 2.45) is 0 Å². The minimum absolute atomic E-state index is 0.0830. The van der Waals surface area contributed by atoms with E-state index in [0.717, 1.165) is 21.3 Å². The van der Waals surface area contributed by atoms with Gasteiger partial charge in [-0.3, -0.25) is 14.5 Å². The maximum atomic E-state index is 13.2. The fourth-order valence-electron chi connectivity index (χ4n) is 3.93. The van der Waals surface area contributed by atoms with E-state index in [9.17, 15) is 14.7 Å². The molecule has 0 aliphatic carbocycles. The lowest BCUT2D eigenvalue weighted by molar-refractivity contribution is -0.132. The lowest BCUT2D eigenvalue weighted by Gasteiger charge is -2.26. The van der Waals surface area contributed by atoms with E-state index in [1.54, 1.807) is 24.3 Å². The second-order valence-corrected chi connectivity index (χ2v) is 8.92. The molecule has 5 nitrogen and oxygen atoms in total. The van der Waals surface area contributed by atoms with Gasteiger partial charge in [-0.05, 0) is 48.9 Å². The highest BCUT2D eigenvalue weighted by Gasteiger charge is 2.47. The van der Waals surface area contributed by atoms with Crippen LogP contribution >= 0.6 is 15.9 Å². The third-order valence-electron chi connectivity index (χ3n) is 5.56. The van der Waals surface area contributed by atoms with Crippen molar-refractivity contribution in [2.75, 3.05) is 23.9 Å². The van der Waals surface area contributed by atoms with Crippen molar-refractivity contribution in [1.29, 1.82) is 0 Å². The molecule has 3 aromatic carbocycles. The first-order valence-electron chi connectivity index (χ1n) is 10.2. The molecule has 162 valence electrons. The number of amides is 1. The van der Waals surface area contributed by atoms with Crippen LogP contribution in [0.15, 0.2) is 82.8 Å². The number of Topliss-reactive ketones (excluding diaryl/α,β-unsaturated/α-hetero) is 1. The van der Waals surface area contributed by atoms with Crippen LogP contribution in [0.1, 0.15) is 22.7 Å². The Hall–Kier alpha value is -3.38. The van der Waals surface area contributed by atoms with Gasteiger partial charge in [0.15, 0.2) is 0 Å². The van der Waals surface area contributed by atoms with Crippen molar-refractivity contribution in [3.63, 3.8) is 0 Å². The molecule has 1 unspecified atom stereocenters. The van der Waals surface area contributed by atoms with Gasteiger partial charge in [0.25, 0.3) is 11.7 Å².